The Balaban J connectivity index is 1.99. The van der Waals surface area contributed by atoms with Crippen molar-refractivity contribution in [3.05, 3.63) is 35.9 Å². The van der Waals surface area contributed by atoms with Gasteiger partial charge in [0, 0.05) is 38.9 Å². The van der Waals surface area contributed by atoms with Crippen LogP contribution in [0.25, 0.3) is 6.08 Å². The minimum absolute atomic E-state index is 0.0930. The van der Waals surface area contributed by atoms with E-state index in [2.05, 4.69) is 5.32 Å². The van der Waals surface area contributed by atoms with E-state index in [-0.39, 0.29) is 18.4 Å². The first-order chi connectivity index (χ1) is 10.1. The molecule has 0 aliphatic carbocycles. The summed E-state index contributed by atoms with van der Waals surface area (Å²) in [5.41, 5.74) is 2.08. The summed E-state index contributed by atoms with van der Waals surface area (Å²) >= 11 is 0. The average Bonchev–Trinajstić information content (AvgIpc) is 2.70. The van der Waals surface area contributed by atoms with Gasteiger partial charge in [-0.1, -0.05) is 12.1 Å². The summed E-state index contributed by atoms with van der Waals surface area (Å²) in [4.78, 5) is 27.1. The quantitative estimate of drug-likeness (QED) is 0.848. The zero-order chi connectivity index (χ0) is 15.2. The van der Waals surface area contributed by atoms with Gasteiger partial charge in [0.15, 0.2) is 0 Å². The number of benzene rings is 1. The molecule has 2 rings (SSSR count). The maximum Gasteiger partial charge on any atom is 0.247 e. The van der Waals surface area contributed by atoms with Gasteiger partial charge in [-0.15, -0.1) is 0 Å². The van der Waals surface area contributed by atoms with Crippen molar-refractivity contribution in [2.24, 2.45) is 0 Å². The molecule has 1 saturated heterocycles. The Kier molecular flexibility index (Phi) is 4.98. The number of carbonyl (C=O) groups excluding carboxylic acids is 2. The lowest BCUT2D eigenvalue weighted by atomic mass is 10.2. The third kappa shape index (κ3) is 4.34. The fourth-order valence-electron chi connectivity index (χ4n) is 2.15. The fourth-order valence-corrected chi connectivity index (χ4v) is 2.15. The minimum atomic E-state index is -0.122. The molecule has 5 nitrogen and oxygen atoms in total. The Hall–Kier alpha value is -2.30. The predicted molar refractivity (Wildman–Crippen MR) is 84.0 cm³/mol. The Morgan fingerprint density at radius 3 is 2.67 bits per heavy atom. The van der Waals surface area contributed by atoms with Crippen LogP contribution < -0.4 is 10.2 Å². The Bertz CT molecular complexity index is 535. The van der Waals surface area contributed by atoms with Crippen molar-refractivity contribution >= 4 is 23.6 Å². The molecule has 1 aliphatic rings. The van der Waals surface area contributed by atoms with Crippen molar-refractivity contribution in [3.8, 4) is 0 Å². The molecule has 0 unspecified atom stereocenters. The number of hydrogen-bond acceptors (Lipinski definition) is 3. The van der Waals surface area contributed by atoms with E-state index < -0.39 is 0 Å². The van der Waals surface area contributed by atoms with Crippen LogP contribution in [-0.4, -0.2) is 50.4 Å². The minimum Gasteiger partial charge on any atom is -0.378 e. The molecule has 1 N–H and O–H groups in total. The van der Waals surface area contributed by atoms with Crippen LogP contribution in [0.4, 0.5) is 5.69 Å². The molecule has 0 bridgehead atoms. The SMILES string of the molecule is CN(C)c1ccc(C=CC(=O)N2CCCNC(=O)C2)cc1. The number of carbonyl (C=O) groups is 2. The van der Waals surface area contributed by atoms with Gasteiger partial charge in [-0.2, -0.15) is 0 Å². The summed E-state index contributed by atoms with van der Waals surface area (Å²) in [7, 11) is 3.97. The first-order valence-corrected chi connectivity index (χ1v) is 7.07. The highest BCUT2D eigenvalue weighted by atomic mass is 16.2. The van der Waals surface area contributed by atoms with Crippen LogP contribution in [0.2, 0.25) is 0 Å². The average molecular weight is 287 g/mol. The van der Waals surface area contributed by atoms with Crippen molar-refractivity contribution in [3.63, 3.8) is 0 Å². The lowest BCUT2D eigenvalue weighted by Crippen LogP contribution is -2.36. The topological polar surface area (TPSA) is 52.7 Å². The number of rotatable bonds is 3. The van der Waals surface area contributed by atoms with Gasteiger partial charge < -0.3 is 15.1 Å². The van der Waals surface area contributed by atoms with Crippen LogP contribution in [0.15, 0.2) is 30.3 Å². The van der Waals surface area contributed by atoms with E-state index >= 15 is 0 Å². The third-order valence-corrected chi connectivity index (χ3v) is 3.40. The van der Waals surface area contributed by atoms with Crippen LogP contribution in [0.5, 0.6) is 0 Å². The fraction of sp³-hybridized carbons (Fsp3) is 0.375. The second kappa shape index (κ2) is 6.92. The molecule has 1 aromatic carbocycles. The highest BCUT2D eigenvalue weighted by molar-refractivity contribution is 5.94. The highest BCUT2D eigenvalue weighted by Gasteiger charge is 2.17. The highest BCUT2D eigenvalue weighted by Crippen LogP contribution is 2.13. The van der Waals surface area contributed by atoms with Crippen molar-refractivity contribution in [2.45, 2.75) is 6.42 Å². The largest absolute Gasteiger partial charge is 0.378 e. The zero-order valence-electron chi connectivity index (χ0n) is 12.5. The third-order valence-electron chi connectivity index (χ3n) is 3.40. The molecule has 0 spiro atoms. The maximum atomic E-state index is 12.1. The summed E-state index contributed by atoms with van der Waals surface area (Å²) in [6.07, 6.45) is 4.11. The normalized spacial score (nSPS) is 15.7. The number of nitrogens with one attached hydrogen (secondary N) is 1. The number of hydrogen-bond donors (Lipinski definition) is 1. The summed E-state index contributed by atoms with van der Waals surface area (Å²) in [6.45, 7) is 1.39. The molecule has 5 heteroatoms. The molecular formula is C16H21N3O2. The lowest BCUT2D eigenvalue weighted by molar-refractivity contribution is -0.131. The van der Waals surface area contributed by atoms with Gasteiger partial charge >= 0.3 is 0 Å². The Morgan fingerprint density at radius 2 is 2.00 bits per heavy atom. The summed E-state index contributed by atoms with van der Waals surface area (Å²) < 4.78 is 0. The molecule has 1 aliphatic heterocycles. The molecule has 0 aromatic heterocycles. The Morgan fingerprint density at radius 1 is 1.29 bits per heavy atom. The second-order valence-electron chi connectivity index (χ2n) is 5.28. The van der Waals surface area contributed by atoms with Crippen LogP contribution in [0.1, 0.15) is 12.0 Å². The molecule has 1 fully saturated rings. The number of anilines is 1. The van der Waals surface area contributed by atoms with Gasteiger partial charge in [0.1, 0.15) is 0 Å². The van der Waals surface area contributed by atoms with Crippen LogP contribution in [0.3, 0.4) is 0 Å². The van der Waals surface area contributed by atoms with E-state index in [1.807, 2.05) is 43.3 Å². The van der Waals surface area contributed by atoms with Crippen molar-refractivity contribution < 1.29 is 9.59 Å². The molecule has 2 amide bonds. The lowest BCUT2D eigenvalue weighted by Gasteiger charge is -2.16. The molecule has 0 radical (unpaired) electrons. The summed E-state index contributed by atoms with van der Waals surface area (Å²) in [6, 6.07) is 7.94. The van der Waals surface area contributed by atoms with Gasteiger partial charge in [0.2, 0.25) is 11.8 Å². The Labute approximate surface area is 125 Å². The zero-order valence-corrected chi connectivity index (χ0v) is 12.5. The van der Waals surface area contributed by atoms with E-state index in [9.17, 15) is 9.59 Å². The van der Waals surface area contributed by atoms with Gasteiger partial charge in [0.05, 0.1) is 6.54 Å². The first kappa shape index (κ1) is 15.1. The monoisotopic (exact) mass is 287 g/mol. The van der Waals surface area contributed by atoms with E-state index in [0.717, 1.165) is 17.7 Å². The maximum absolute atomic E-state index is 12.1. The smallest absolute Gasteiger partial charge is 0.247 e. The van der Waals surface area contributed by atoms with Gasteiger partial charge in [-0.05, 0) is 30.2 Å². The van der Waals surface area contributed by atoms with E-state index in [0.29, 0.717) is 13.1 Å². The van der Waals surface area contributed by atoms with Crippen LogP contribution in [-0.2, 0) is 9.59 Å². The molecule has 112 valence electrons. The van der Waals surface area contributed by atoms with Gasteiger partial charge in [-0.25, -0.2) is 0 Å². The van der Waals surface area contributed by atoms with E-state index in [1.54, 1.807) is 11.0 Å². The standard InChI is InChI=1S/C16H21N3O2/c1-18(2)14-7-4-13(5-8-14)6-9-16(21)19-11-3-10-17-15(20)12-19/h4-9H,3,10-12H2,1-2H3,(H,17,20). The molecule has 1 heterocycles. The van der Waals surface area contributed by atoms with Crippen molar-refractivity contribution in [1.29, 1.82) is 0 Å². The van der Waals surface area contributed by atoms with Crippen molar-refractivity contribution in [1.82, 2.24) is 10.2 Å². The van der Waals surface area contributed by atoms with Gasteiger partial charge in [0.25, 0.3) is 0 Å². The first-order valence-electron chi connectivity index (χ1n) is 7.07. The van der Waals surface area contributed by atoms with E-state index in [1.165, 1.54) is 6.08 Å². The predicted octanol–water partition coefficient (Wildman–Crippen LogP) is 1.11. The summed E-state index contributed by atoms with van der Waals surface area (Å²) in [5.74, 6) is -0.215. The van der Waals surface area contributed by atoms with Crippen LogP contribution in [0, 0.1) is 0 Å². The van der Waals surface area contributed by atoms with Gasteiger partial charge in [-0.3, -0.25) is 9.59 Å². The second-order valence-corrected chi connectivity index (χ2v) is 5.28. The number of amides is 2. The molecule has 0 atom stereocenters. The molecular weight excluding hydrogens is 266 g/mol. The summed E-state index contributed by atoms with van der Waals surface area (Å²) in [5, 5.41) is 2.76. The van der Waals surface area contributed by atoms with E-state index in [4.69, 9.17) is 0 Å². The number of nitrogens with zero attached hydrogens (tertiary/aromatic N) is 2. The molecule has 21 heavy (non-hydrogen) atoms. The van der Waals surface area contributed by atoms with Crippen molar-refractivity contribution in [2.75, 3.05) is 38.6 Å². The molecule has 0 saturated carbocycles. The molecule has 1 aromatic rings. The van der Waals surface area contributed by atoms with Crippen LogP contribution >= 0.6 is 0 Å².